The molecule has 0 radical (unpaired) electrons. The van der Waals surface area contributed by atoms with Gasteiger partial charge in [0.2, 0.25) is 11.8 Å². The van der Waals surface area contributed by atoms with Crippen LogP contribution in [0.5, 0.6) is 5.88 Å². The first-order valence-corrected chi connectivity index (χ1v) is 12.0. The first kappa shape index (κ1) is 23.6. The Bertz CT molecular complexity index is 1340. The third-order valence-electron chi connectivity index (χ3n) is 5.20. The molecule has 2 N–H and O–H groups in total. The van der Waals surface area contributed by atoms with Crippen LogP contribution in [0.15, 0.2) is 53.5 Å². The molecule has 0 fully saturated rings. The summed E-state index contributed by atoms with van der Waals surface area (Å²) in [6.07, 6.45) is 4.42. The Hall–Kier alpha value is -3.56. The summed E-state index contributed by atoms with van der Waals surface area (Å²) in [6.45, 7) is 2.48. The molecular formula is C25H23N3O4S2. The molecule has 0 bridgehead atoms. The zero-order valence-electron chi connectivity index (χ0n) is 18.5. The Morgan fingerprint density at radius 1 is 1.21 bits per heavy atom. The van der Waals surface area contributed by atoms with Crippen LogP contribution in [0.3, 0.4) is 0 Å². The van der Waals surface area contributed by atoms with Crippen molar-refractivity contribution in [3.05, 3.63) is 68.5 Å². The number of carbonyl (C=O) groups excluding carboxylic acids is 2. The number of rotatable bonds is 8. The van der Waals surface area contributed by atoms with E-state index >= 15 is 0 Å². The van der Waals surface area contributed by atoms with E-state index in [-0.39, 0.29) is 18.2 Å². The smallest absolute Gasteiger partial charge is 0.338 e. The molecule has 0 saturated heterocycles. The minimum atomic E-state index is -0.396. The number of aliphatic imine (C=N–C) groups is 1. The minimum absolute atomic E-state index is 0.0928. The predicted molar refractivity (Wildman–Crippen MR) is 138 cm³/mol. The number of esters is 1. The number of hydrogen-bond acceptors (Lipinski definition) is 7. The molecule has 1 amide bonds. The van der Waals surface area contributed by atoms with Crippen LogP contribution < -0.4 is 5.32 Å². The lowest BCUT2D eigenvalue weighted by molar-refractivity contribution is -0.116. The molecule has 9 heteroatoms. The summed E-state index contributed by atoms with van der Waals surface area (Å²) >= 11 is 6.76. The molecule has 0 aliphatic carbocycles. The first-order valence-electron chi connectivity index (χ1n) is 10.8. The lowest BCUT2D eigenvalue weighted by Crippen LogP contribution is -2.12. The number of hydrogen-bond donors (Lipinski definition) is 2. The third-order valence-corrected chi connectivity index (χ3v) is 6.59. The van der Waals surface area contributed by atoms with Crippen LogP contribution in [0.25, 0.3) is 11.6 Å². The number of allylic oxidation sites excluding steroid dienone is 1. The number of ether oxygens (including phenoxy) is 1. The van der Waals surface area contributed by atoms with E-state index in [0.717, 1.165) is 16.8 Å². The zero-order chi connectivity index (χ0) is 24.1. The van der Waals surface area contributed by atoms with Gasteiger partial charge in [0.15, 0.2) is 3.95 Å². The summed E-state index contributed by atoms with van der Waals surface area (Å²) in [5, 5.41) is 13.5. The van der Waals surface area contributed by atoms with Gasteiger partial charge in [0.05, 0.1) is 22.7 Å². The van der Waals surface area contributed by atoms with E-state index in [0.29, 0.717) is 39.7 Å². The minimum Gasteiger partial charge on any atom is -0.493 e. The normalized spacial score (nSPS) is 13.1. The van der Waals surface area contributed by atoms with Crippen molar-refractivity contribution in [2.24, 2.45) is 4.99 Å². The van der Waals surface area contributed by atoms with Gasteiger partial charge in [-0.15, -0.1) is 11.3 Å². The largest absolute Gasteiger partial charge is 0.493 e. The van der Waals surface area contributed by atoms with Gasteiger partial charge in [-0.05, 0) is 62.0 Å². The summed E-state index contributed by atoms with van der Waals surface area (Å²) in [5.41, 5.74) is 3.86. The molecule has 0 atom stereocenters. The van der Waals surface area contributed by atoms with E-state index in [4.69, 9.17) is 17.0 Å². The summed E-state index contributed by atoms with van der Waals surface area (Å²) in [6, 6.07) is 14.4. The van der Waals surface area contributed by atoms with Crippen LogP contribution in [0, 0.1) is 3.95 Å². The van der Waals surface area contributed by atoms with E-state index in [1.807, 2.05) is 30.3 Å². The number of fused-ring (bicyclic) bond motifs is 1. The van der Waals surface area contributed by atoms with Crippen molar-refractivity contribution in [2.45, 2.75) is 26.3 Å². The highest BCUT2D eigenvalue weighted by atomic mass is 32.1. The zero-order valence-corrected chi connectivity index (χ0v) is 20.1. The number of aromatic nitrogens is 1. The van der Waals surface area contributed by atoms with Crippen molar-refractivity contribution in [3.63, 3.8) is 0 Å². The van der Waals surface area contributed by atoms with Crippen molar-refractivity contribution in [3.8, 4) is 5.88 Å². The molecule has 1 aliphatic heterocycles. The molecule has 3 aromatic rings. The third kappa shape index (κ3) is 5.32. The molecule has 7 nitrogen and oxygen atoms in total. The number of aromatic hydroxyl groups is 1. The fourth-order valence-corrected chi connectivity index (χ4v) is 4.84. The summed E-state index contributed by atoms with van der Waals surface area (Å²) < 4.78 is 7.14. The van der Waals surface area contributed by atoms with E-state index in [9.17, 15) is 14.7 Å². The summed E-state index contributed by atoms with van der Waals surface area (Å²) in [5.74, 6) is -0.464. The quantitative estimate of drug-likeness (QED) is 0.304. The molecule has 1 aliphatic rings. The van der Waals surface area contributed by atoms with Gasteiger partial charge >= 0.3 is 5.97 Å². The van der Waals surface area contributed by atoms with Crippen molar-refractivity contribution in [2.75, 3.05) is 11.9 Å². The molecule has 1 aromatic heterocycles. The van der Waals surface area contributed by atoms with Crippen LogP contribution >= 0.6 is 23.6 Å². The number of amides is 1. The average Bonchev–Trinajstić information content (AvgIpc) is 3.35. The van der Waals surface area contributed by atoms with Gasteiger partial charge in [-0.1, -0.05) is 18.2 Å². The molecular weight excluding hydrogens is 470 g/mol. The van der Waals surface area contributed by atoms with E-state index in [1.165, 1.54) is 11.3 Å². The van der Waals surface area contributed by atoms with Crippen molar-refractivity contribution in [1.29, 1.82) is 0 Å². The Morgan fingerprint density at radius 2 is 1.97 bits per heavy atom. The molecule has 0 unspecified atom stereocenters. The van der Waals surface area contributed by atoms with Gasteiger partial charge in [0.1, 0.15) is 0 Å². The van der Waals surface area contributed by atoms with E-state index in [2.05, 4.69) is 10.3 Å². The highest BCUT2D eigenvalue weighted by Crippen LogP contribution is 2.35. The monoisotopic (exact) mass is 493 g/mol. The molecule has 0 spiro atoms. The second-order valence-corrected chi connectivity index (χ2v) is 9.21. The van der Waals surface area contributed by atoms with Gasteiger partial charge in [-0.2, -0.15) is 0 Å². The SMILES string of the molecule is CCOC(=O)c1ccc(NC(=O)CCCn2c(O)c(/C=C3\C=Nc4ccccc43)sc2=S)cc1. The Morgan fingerprint density at radius 3 is 2.74 bits per heavy atom. The number of carbonyl (C=O) groups is 2. The lowest BCUT2D eigenvalue weighted by Gasteiger charge is -2.08. The van der Waals surface area contributed by atoms with Gasteiger partial charge in [-0.25, -0.2) is 4.79 Å². The predicted octanol–water partition coefficient (Wildman–Crippen LogP) is 5.84. The standard InChI is InChI=1S/C25H23N3O4S2/c1-2-32-24(31)16-9-11-18(12-10-16)27-22(29)8-5-13-28-23(30)21(34-25(28)33)14-17-15-26-20-7-4-3-6-19(17)20/h3-4,6-7,9-12,14-15,30H,2,5,8,13H2,1H3,(H,27,29)/b17-14+. The van der Waals surface area contributed by atoms with Gasteiger partial charge < -0.3 is 15.2 Å². The summed E-state index contributed by atoms with van der Waals surface area (Å²) in [7, 11) is 0. The van der Waals surface area contributed by atoms with Gasteiger partial charge in [0.25, 0.3) is 0 Å². The molecule has 174 valence electrons. The van der Waals surface area contributed by atoms with Crippen molar-refractivity contribution >= 4 is 64.7 Å². The highest BCUT2D eigenvalue weighted by Gasteiger charge is 2.15. The number of thiazole rings is 1. The van der Waals surface area contributed by atoms with Crippen LogP contribution in [0.1, 0.15) is 40.6 Å². The van der Waals surface area contributed by atoms with Crippen molar-refractivity contribution < 1.29 is 19.4 Å². The molecule has 2 aromatic carbocycles. The number of benzene rings is 2. The Kier molecular flexibility index (Phi) is 7.34. The number of nitrogens with zero attached hydrogens (tertiary/aromatic N) is 2. The Labute approximate surface area is 206 Å². The maximum Gasteiger partial charge on any atom is 0.338 e. The van der Waals surface area contributed by atoms with E-state index in [1.54, 1.807) is 42.0 Å². The number of nitrogens with one attached hydrogen (secondary N) is 1. The first-order chi connectivity index (χ1) is 16.5. The second kappa shape index (κ2) is 10.6. The van der Waals surface area contributed by atoms with Crippen LogP contribution in [-0.2, 0) is 16.1 Å². The lowest BCUT2D eigenvalue weighted by atomic mass is 10.1. The molecule has 0 saturated carbocycles. The van der Waals surface area contributed by atoms with Crippen LogP contribution in [0.2, 0.25) is 0 Å². The molecule has 34 heavy (non-hydrogen) atoms. The van der Waals surface area contributed by atoms with Gasteiger partial charge in [-0.3, -0.25) is 14.4 Å². The van der Waals surface area contributed by atoms with Crippen molar-refractivity contribution in [1.82, 2.24) is 4.57 Å². The van der Waals surface area contributed by atoms with Gasteiger partial charge in [0, 0.05) is 36.0 Å². The number of para-hydroxylation sites is 1. The topological polar surface area (TPSA) is 92.9 Å². The Balaban J connectivity index is 1.34. The molecule has 4 rings (SSSR count). The highest BCUT2D eigenvalue weighted by molar-refractivity contribution is 7.73. The maximum absolute atomic E-state index is 12.3. The van der Waals surface area contributed by atoms with E-state index < -0.39 is 5.97 Å². The second-order valence-electron chi connectivity index (χ2n) is 7.53. The number of anilines is 1. The maximum atomic E-state index is 12.3. The average molecular weight is 494 g/mol. The summed E-state index contributed by atoms with van der Waals surface area (Å²) in [4.78, 5) is 29.1. The fourth-order valence-electron chi connectivity index (χ4n) is 3.53. The van der Waals surface area contributed by atoms with Crippen LogP contribution in [-0.4, -0.2) is 34.4 Å². The molecule has 2 heterocycles. The van der Waals surface area contributed by atoms with Crippen LogP contribution in [0.4, 0.5) is 11.4 Å². The fraction of sp³-hybridized carbons (Fsp3) is 0.200.